The van der Waals surface area contributed by atoms with Gasteiger partial charge in [0.2, 0.25) is 11.8 Å². The summed E-state index contributed by atoms with van der Waals surface area (Å²) in [5.74, 6) is -1.06. The number of thioether (sulfide) groups is 1. The zero-order chi connectivity index (χ0) is 18.1. The van der Waals surface area contributed by atoms with Gasteiger partial charge in [0, 0.05) is 18.0 Å². The number of nitrogens with one attached hydrogen (secondary N) is 1. The van der Waals surface area contributed by atoms with Gasteiger partial charge >= 0.3 is 5.97 Å². The Bertz CT molecular complexity index is 966. The van der Waals surface area contributed by atoms with Gasteiger partial charge in [-0.1, -0.05) is 11.8 Å². The number of fused-ring (bicyclic) bond motifs is 1. The lowest BCUT2D eigenvalue weighted by Gasteiger charge is -2.06. The quantitative estimate of drug-likeness (QED) is 0.695. The largest absolute Gasteiger partial charge is 0.481 e. The first-order valence-corrected chi connectivity index (χ1v) is 8.53. The van der Waals surface area contributed by atoms with Crippen LogP contribution < -0.4 is 5.32 Å². The summed E-state index contributed by atoms with van der Waals surface area (Å²) in [4.78, 5) is 19.3. The molecule has 8 nitrogen and oxygen atoms in total. The zero-order valence-corrected chi connectivity index (χ0v) is 14.0. The van der Waals surface area contributed by atoms with E-state index in [4.69, 9.17) is 9.52 Å². The molecule has 0 spiro atoms. The van der Waals surface area contributed by atoms with Gasteiger partial charge in [0.05, 0.1) is 34.3 Å². The van der Waals surface area contributed by atoms with Crippen molar-refractivity contribution in [2.45, 2.75) is 23.1 Å². The van der Waals surface area contributed by atoms with Gasteiger partial charge in [-0.3, -0.25) is 14.8 Å². The molecule has 3 heterocycles. The molecule has 2 aromatic heterocycles. The molecule has 2 N–H and O–H groups in total. The topological polar surface area (TPSA) is 114 Å². The SMILES string of the molecule is O=C(O)Cc1nnc(CC2Nc3ccc(-c4cnccn4)c(F)c3S2)o1. The van der Waals surface area contributed by atoms with Crippen molar-refractivity contribution >= 4 is 23.4 Å². The summed E-state index contributed by atoms with van der Waals surface area (Å²) in [6.07, 6.45) is 4.57. The van der Waals surface area contributed by atoms with Gasteiger partial charge in [0.15, 0.2) is 0 Å². The number of halogens is 1. The van der Waals surface area contributed by atoms with Crippen molar-refractivity contribution in [3.05, 3.63) is 48.3 Å². The Morgan fingerprint density at radius 2 is 2.15 bits per heavy atom. The second-order valence-electron chi connectivity index (χ2n) is 5.51. The van der Waals surface area contributed by atoms with Crippen molar-refractivity contribution < 1.29 is 18.7 Å². The van der Waals surface area contributed by atoms with E-state index in [0.717, 1.165) is 0 Å². The monoisotopic (exact) mass is 373 g/mol. The van der Waals surface area contributed by atoms with Gasteiger partial charge < -0.3 is 14.8 Å². The van der Waals surface area contributed by atoms with Gasteiger partial charge in [-0.05, 0) is 12.1 Å². The number of benzene rings is 1. The van der Waals surface area contributed by atoms with Crippen molar-refractivity contribution in [1.82, 2.24) is 20.2 Å². The molecule has 0 fully saturated rings. The molecule has 26 heavy (non-hydrogen) atoms. The lowest BCUT2D eigenvalue weighted by Crippen LogP contribution is -2.13. The van der Waals surface area contributed by atoms with E-state index in [9.17, 15) is 9.18 Å². The Labute approximate surface area is 150 Å². The van der Waals surface area contributed by atoms with E-state index in [2.05, 4.69) is 25.5 Å². The van der Waals surface area contributed by atoms with E-state index in [1.807, 2.05) is 0 Å². The molecule has 4 rings (SSSR count). The highest BCUT2D eigenvalue weighted by atomic mass is 32.2. The number of hydrogen-bond donors (Lipinski definition) is 2. The molecule has 1 aromatic carbocycles. The third-order valence-electron chi connectivity index (χ3n) is 3.68. The predicted octanol–water partition coefficient (Wildman–Crippen LogP) is 2.38. The number of carboxylic acids is 1. The number of aliphatic carboxylic acids is 1. The first kappa shape index (κ1) is 16.5. The summed E-state index contributed by atoms with van der Waals surface area (Å²) in [6.45, 7) is 0. The molecular weight excluding hydrogens is 361 g/mol. The van der Waals surface area contributed by atoms with Gasteiger partial charge in [0.1, 0.15) is 12.2 Å². The average molecular weight is 373 g/mol. The fourth-order valence-electron chi connectivity index (χ4n) is 2.59. The number of carboxylic acid groups (broad SMARTS) is 1. The van der Waals surface area contributed by atoms with E-state index in [1.165, 1.54) is 30.4 Å². The molecular formula is C16H12FN5O3S. The van der Waals surface area contributed by atoms with E-state index in [-0.39, 0.29) is 23.5 Å². The maximum Gasteiger partial charge on any atom is 0.312 e. The Hall–Kier alpha value is -3.01. The maximum absolute atomic E-state index is 14.9. The van der Waals surface area contributed by atoms with Gasteiger partial charge in [0.25, 0.3) is 0 Å². The third kappa shape index (κ3) is 3.23. The second-order valence-corrected chi connectivity index (χ2v) is 6.72. The highest BCUT2D eigenvalue weighted by Gasteiger charge is 2.28. The van der Waals surface area contributed by atoms with E-state index in [1.54, 1.807) is 12.1 Å². The molecule has 0 saturated heterocycles. The minimum Gasteiger partial charge on any atom is -0.481 e. The number of anilines is 1. The molecule has 10 heteroatoms. The Kier molecular flexibility index (Phi) is 4.25. The molecule has 0 amide bonds. The normalized spacial score (nSPS) is 15.5. The van der Waals surface area contributed by atoms with Crippen molar-refractivity contribution in [3.8, 4) is 11.3 Å². The van der Waals surface area contributed by atoms with Crippen LogP contribution >= 0.6 is 11.8 Å². The fourth-order valence-corrected chi connectivity index (χ4v) is 3.75. The van der Waals surface area contributed by atoms with Crippen LogP contribution in [0.2, 0.25) is 0 Å². The van der Waals surface area contributed by atoms with Crippen LogP contribution in [0.25, 0.3) is 11.3 Å². The first-order valence-electron chi connectivity index (χ1n) is 7.65. The van der Waals surface area contributed by atoms with Crippen LogP contribution in [0.5, 0.6) is 0 Å². The summed E-state index contributed by atoms with van der Waals surface area (Å²) in [5, 5.41) is 19.3. The molecule has 1 atom stereocenters. The average Bonchev–Trinajstić information content (AvgIpc) is 3.23. The summed E-state index contributed by atoms with van der Waals surface area (Å²) >= 11 is 1.31. The van der Waals surface area contributed by atoms with Crippen LogP contribution in [0, 0.1) is 5.82 Å². The first-order chi connectivity index (χ1) is 12.6. The summed E-state index contributed by atoms with van der Waals surface area (Å²) in [7, 11) is 0. The van der Waals surface area contributed by atoms with Crippen LogP contribution in [0.4, 0.5) is 10.1 Å². The Morgan fingerprint density at radius 1 is 1.31 bits per heavy atom. The third-order valence-corrected chi connectivity index (χ3v) is 4.89. The van der Waals surface area contributed by atoms with Gasteiger partial charge in [-0.25, -0.2) is 4.39 Å². The molecule has 0 aliphatic carbocycles. The van der Waals surface area contributed by atoms with Crippen LogP contribution in [-0.4, -0.2) is 36.6 Å². The molecule has 0 radical (unpaired) electrons. The van der Waals surface area contributed by atoms with Gasteiger partial charge in [-0.2, -0.15) is 0 Å². The summed E-state index contributed by atoms with van der Waals surface area (Å²) < 4.78 is 20.2. The molecule has 1 unspecified atom stereocenters. The standard InChI is InChI=1S/C16H12FN5O3S/c17-15-8(10-7-18-3-4-19-10)1-2-9-16(15)26-13(20-9)5-11-21-22-12(25-11)6-14(23)24/h1-4,7,13,20H,5-6H2,(H,23,24). The molecule has 1 aliphatic rings. The van der Waals surface area contributed by atoms with Crippen molar-refractivity contribution in [1.29, 1.82) is 0 Å². The lowest BCUT2D eigenvalue weighted by atomic mass is 10.1. The number of carbonyl (C=O) groups is 1. The van der Waals surface area contributed by atoms with Crippen molar-refractivity contribution in [2.75, 3.05) is 5.32 Å². The second kappa shape index (κ2) is 6.71. The van der Waals surface area contributed by atoms with Crippen LogP contribution in [-0.2, 0) is 17.6 Å². The zero-order valence-electron chi connectivity index (χ0n) is 13.2. The minimum atomic E-state index is -1.04. The predicted molar refractivity (Wildman–Crippen MR) is 90.0 cm³/mol. The molecule has 132 valence electrons. The van der Waals surface area contributed by atoms with E-state index in [0.29, 0.717) is 34.2 Å². The van der Waals surface area contributed by atoms with Crippen molar-refractivity contribution in [2.24, 2.45) is 0 Å². The number of hydrogen-bond acceptors (Lipinski definition) is 8. The highest BCUT2D eigenvalue weighted by Crippen LogP contribution is 2.43. The maximum atomic E-state index is 14.9. The van der Waals surface area contributed by atoms with E-state index >= 15 is 0 Å². The summed E-state index contributed by atoms with van der Waals surface area (Å²) in [6, 6.07) is 3.45. The highest BCUT2D eigenvalue weighted by molar-refractivity contribution is 8.00. The van der Waals surface area contributed by atoms with Crippen LogP contribution in [0.1, 0.15) is 11.8 Å². The Balaban J connectivity index is 1.51. The lowest BCUT2D eigenvalue weighted by molar-refractivity contribution is -0.136. The number of aromatic nitrogens is 4. The van der Waals surface area contributed by atoms with Gasteiger partial charge in [-0.15, -0.1) is 10.2 Å². The molecule has 1 aliphatic heterocycles. The molecule has 3 aromatic rings. The number of nitrogens with zero attached hydrogens (tertiary/aromatic N) is 4. The minimum absolute atomic E-state index is 0.0455. The smallest absolute Gasteiger partial charge is 0.312 e. The molecule has 0 bridgehead atoms. The van der Waals surface area contributed by atoms with Crippen LogP contribution in [0.3, 0.4) is 0 Å². The van der Waals surface area contributed by atoms with Crippen molar-refractivity contribution in [3.63, 3.8) is 0 Å². The fraction of sp³-hybridized carbons (Fsp3) is 0.188. The summed E-state index contributed by atoms with van der Waals surface area (Å²) in [5.41, 5.74) is 1.52. The van der Waals surface area contributed by atoms with E-state index < -0.39 is 5.97 Å². The van der Waals surface area contributed by atoms with Crippen LogP contribution in [0.15, 0.2) is 40.0 Å². The molecule has 0 saturated carbocycles. The Morgan fingerprint density at radius 3 is 2.92 bits per heavy atom. The number of rotatable bonds is 5.